The van der Waals surface area contributed by atoms with Crippen molar-refractivity contribution in [1.82, 2.24) is 10.4 Å². The molecule has 0 spiro atoms. The summed E-state index contributed by atoms with van der Waals surface area (Å²) in [6.07, 6.45) is 7.38. The van der Waals surface area contributed by atoms with E-state index in [1.54, 1.807) is 6.07 Å². The maximum Gasteiger partial charge on any atom is 0.269 e. The molecule has 0 unspecified atom stereocenters. The molecule has 0 bridgehead atoms. The molecule has 1 N–H and O–H groups in total. The van der Waals surface area contributed by atoms with E-state index in [9.17, 15) is 14.0 Å². The lowest BCUT2D eigenvalue weighted by Gasteiger charge is -2.38. The van der Waals surface area contributed by atoms with E-state index >= 15 is 0 Å². The molecule has 1 fully saturated rings. The predicted octanol–water partition coefficient (Wildman–Crippen LogP) is 4.46. The van der Waals surface area contributed by atoms with Crippen molar-refractivity contribution in [3.05, 3.63) is 35.6 Å². The number of rotatable bonds is 2. The summed E-state index contributed by atoms with van der Waals surface area (Å²) in [5.74, 6) is -1.04. The minimum absolute atomic E-state index is 0.0425. The second kappa shape index (κ2) is 8.45. The Hall–Kier alpha value is -1.91. The van der Waals surface area contributed by atoms with Gasteiger partial charge in [0, 0.05) is 11.5 Å². The molecule has 0 aliphatic heterocycles. The third-order valence-electron chi connectivity index (χ3n) is 4.65. The van der Waals surface area contributed by atoms with Gasteiger partial charge in [0.15, 0.2) is 0 Å². The van der Waals surface area contributed by atoms with E-state index in [0.29, 0.717) is 0 Å². The van der Waals surface area contributed by atoms with Gasteiger partial charge in [-0.2, -0.15) is 0 Å². The molecule has 1 aromatic carbocycles. The van der Waals surface area contributed by atoms with Gasteiger partial charge in [0.25, 0.3) is 5.91 Å². The van der Waals surface area contributed by atoms with Crippen LogP contribution in [0.5, 0.6) is 0 Å². The Labute approximate surface area is 149 Å². The summed E-state index contributed by atoms with van der Waals surface area (Å²) in [7, 11) is 0. The van der Waals surface area contributed by atoms with Crippen LogP contribution in [-0.4, -0.2) is 22.4 Å². The first-order valence-electron chi connectivity index (χ1n) is 9.19. The molecule has 2 amide bonds. The zero-order chi connectivity index (χ0) is 18.4. The van der Waals surface area contributed by atoms with Crippen LogP contribution in [0.15, 0.2) is 24.3 Å². The summed E-state index contributed by atoms with van der Waals surface area (Å²) in [6, 6.07) is 5.50. The molecule has 0 atom stereocenters. The minimum atomic E-state index is -0.553. The van der Waals surface area contributed by atoms with Gasteiger partial charge in [0.2, 0.25) is 5.91 Å². The van der Waals surface area contributed by atoms with Gasteiger partial charge in [-0.3, -0.25) is 15.0 Å². The molecule has 138 valence electrons. The zero-order valence-corrected chi connectivity index (χ0v) is 15.5. The average molecular weight is 348 g/mol. The Morgan fingerprint density at radius 3 is 2.24 bits per heavy atom. The second-order valence-corrected chi connectivity index (χ2v) is 7.84. The number of carbonyl (C=O) groups excluding carboxylic acids is 2. The molecule has 0 aromatic heterocycles. The number of nitrogens with zero attached hydrogens (tertiary/aromatic N) is 1. The normalized spacial score (nSPS) is 16.6. The summed E-state index contributed by atoms with van der Waals surface area (Å²) in [6.45, 7) is 5.67. The highest BCUT2D eigenvalue weighted by atomic mass is 19.1. The van der Waals surface area contributed by atoms with E-state index in [-0.39, 0.29) is 17.4 Å². The Balaban J connectivity index is 2.15. The van der Waals surface area contributed by atoms with Gasteiger partial charge in [-0.05, 0) is 51.8 Å². The van der Waals surface area contributed by atoms with Crippen LogP contribution in [-0.2, 0) is 4.79 Å². The zero-order valence-electron chi connectivity index (χ0n) is 15.5. The highest BCUT2D eigenvalue weighted by Crippen LogP contribution is 2.26. The fraction of sp³-hybridized carbons (Fsp3) is 0.600. The summed E-state index contributed by atoms with van der Waals surface area (Å²) in [5.41, 5.74) is 2.37. The molecule has 4 nitrogen and oxygen atoms in total. The number of hydrazine groups is 1. The van der Waals surface area contributed by atoms with E-state index in [1.807, 2.05) is 20.8 Å². The van der Waals surface area contributed by atoms with Crippen LogP contribution in [0.3, 0.4) is 0 Å². The highest BCUT2D eigenvalue weighted by molar-refractivity contribution is 5.95. The number of benzene rings is 1. The van der Waals surface area contributed by atoms with Crippen molar-refractivity contribution in [1.29, 1.82) is 0 Å². The predicted molar refractivity (Wildman–Crippen MR) is 96.3 cm³/mol. The van der Waals surface area contributed by atoms with Crippen molar-refractivity contribution >= 4 is 11.8 Å². The first kappa shape index (κ1) is 19.4. The van der Waals surface area contributed by atoms with E-state index in [4.69, 9.17) is 0 Å². The SMILES string of the molecule is CC(C)(C)N(NC(=O)c1cccc(F)c1)C(=O)C1CCCCCCC1. The van der Waals surface area contributed by atoms with Crippen LogP contribution in [0.25, 0.3) is 0 Å². The molecular weight excluding hydrogens is 319 g/mol. The lowest BCUT2D eigenvalue weighted by Crippen LogP contribution is -2.57. The number of carbonyl (C=O) groups is 2. The molecule has 0 radical (unpaired) electrons. The van der Waals surface area contributed by atoms with Gasteiger partial charge in [-0.1, -0.05) is 38.2 Å². The van der Waals surface area contributed by atoms with E-state index in [2.05, 4.69) is 5.43 Å². The van der Waals surface area contributed by atoms with Gasteiger partial charge in [-0.15, -0.1) is 0 Å². The quantitative estimate of drug-likeness (QED) is 0.802. The summed E-state index contributed by atoms with van der Waals surface area (Å²) >= 11 is 0. The third-order valence-corrected chi connectivity index (χ3v) is 4.65. The standard InChI is InChI=1S/C20H29FN2O2/c1-20(2,3)23(19(25)15-10-7-5-4-6-8-11-15)22-18(24)16-12-9-13-17(21)14-16/h9,12-15H,4-8,10-11H2,1-3H3,(H,22,24). The van der Waals surface area contributed by atoms with Crippen molar-refractivity contribution in [2.24, 2.45) is 5.92 Å². The topological polar surface area (TPSA) is 49.4 Å². The van der Waals surface area contributed by atoms with Crippen LogP contribution in [0.1, 0.15) is 76.1 Å². The Kier molecular flexibility index (Phi) is 6.57. The van der Waals surface area contributed by atoms with E-state index in [1.165, 1.54) is 29.6 Å². The second-order valence-electron chi connectivity index (χ2n) is 7.84. The minimum Gasteiger partial charge on any atom is -0.273 e. The van der Waals surface area contributed by atoms with Crippen molar-refractivity contribution in [2.75, 3.05) is 0 Å². The number of hydrogen-bond donors (Lipinski definition) is 1. The largest absolute Gasteiger partial charge is 0.273 e. The summed E-state index contributed by atoms with van der Waals surface area (Å²) in [5, 5.41) is 1.44. The third kappa shape index (κ3) is 5.55. The first-order chi connectivity index (χ1) is 11.8. The van der Waals surface area contributed by atoms with Crippen molar-refractivity contribution in [2.45, 2.75) is 71.3 Å². The molecule has 5 heteroatoms. The Morgan fingerprint density at radius 2 is 1.68 bits per heavy atom. The molecule has 1 saturated carbocycles. The molecule has 1 aliphatic rings. The van der Waals surface area contributed by atoms with Crippen molar-refractivity contribution in [3.63, 3.8) is 0 Å². The summed E-state index contributed by atoms with van der Waals surface area (Å²) in [4.78, 5) is 25.6. The molecule has 0 saturated heterocycles. The van der Waals surface area contributed by atoms with E-state index in [0.717, 1.165) is 38.5 Å². The first-order valence-corrected chi connectivity index (χ1v) is 9.19. The highest BCUT2D eigenvalue weighted by Gasteiger charge is 2.33. The van der Waals surface area contributed by atoms with Gasteiger partial charge >= 0.3 is 0 Å². The fourth-order valence-electron chi connectivity index (χ4n) is 3.23. The maximum absolute atomic E-state index is 13.4. The van der Waals surface area contributed by atoms with Gasteiger partial charge in [-0.25, -0.2) is 9.40 Å². The van der Waals surface area contributed by atoms with Crippen molar-refractivity contribution < 1.29 is 14.0 Å². The van der Waals surface area contributed by atoms with Gasteiger partial charge in [0.05, 0.1) is 5.54 Å². The Bertz CT molecular complexity index is 602. The van der Waals surface area contributed by atoms with Crippen LogP contribution in [0.4, 0.5) is 4.39 Å². The molecule has 1 aromatic rings. The lowest BCUT2D eigenvalue weighted by atomic mass is 9.89. The molecule has 0 heterocycles. The number of amides is 2. The molecule has 2 rings (SSSR count). The van der Waals surface area contributed by atoms with Crippen molar-refractivity contribution in [3.8, 4) is 0 Å². The Morgan fingerprint density at radius 1 is 1.08 bits per heavy atom. The van der Waals surface area contributed by atoms with Crippen LogP contribution in [0, 0.1) is 11.7 Å². The summed E-state index contributed by atoms with van der Waals surface area (Å²) < 4.78 is 13.4. The lowest BCUT2D eigenvalue weighted by molar-refractivity contribution is -0.144. The molecular formula is C20H29FN2O2. The van der Waals surface area contributed by atoms with Crippen LogP contribution in [0.2, 0.25) is 0 Å². The molecule has 25 heavy (non-hydrogen) atoms. The monoisotopic (exact) mass is 348 g/mol. The van der Waals surface area contributed by atoms with Crippen LogP contribution < -0.4 is 5.43 Å². The van der Waals surface area contributed by atoms with E-state index < -0.39 is 17.3 Å². The smallest absolute Gasteiger partial charge is 0.269 e. The number of hydrogen-bond acceptors (Lipinski definition) is 2. The fourth-order valence-corrected chi connectivity index (χ4v) is 3.23. The number of nitrogens with one attached hydrogen (secondary N) is 1. The molecule has 1 aliphatic carbocycles. The van der Waals surface area contributed by atoms with Crippen LogP contribution >= 0.6 is 0 Å². The average Bonchev–Trinajstić information content (AvgIpc) is 2.50. The van der Waals surface area contributed by atoms with Gasteiger partial charge < -0.3 is 0 Å². The number of halogens is 1. The van der Waals surface area contributed by atoms with Gasteiger partial charge in [0.1, 0.15) is 5.82 Å². The maximum atomic E-state index is 13.4.